The van der Waals surface area contributed by atoms with Crippen LogP contribution in [0.2, 0.25) is 0 Å². The predicted octanol–water partition coefficient (Wildman–Crippen LogP) is 2.76. The van der Waals surface area contributed by atoms with E-state index in [1.54, 1.807) is 30.7 Å². The van der Waals surface area contributed by atoms with Crippen molar-refractivity contribution < 1.29 is 18.3 Å². The summed E-state index contributed by atoms with van der Waals surface area (Å²) in [4.78, 5) is 4.05. The third-order valence-corrected chi connectivity index (χ3v) is 4.13. The van der Waals surface area contributed by atoms with Crippen molar-refractivity contribution >= 4 is 0 Å². The van der Waals surface area contributed by atoms with E-state index < -0.39 is 5.82 Å². The molecule has 2 aromatic heterocycles. The molecule has 4 rings (SSSR count). The van der Waals surface area contributed by atoms with Gasteiger partial charge in [0, 0.05) is 31.5 Å². The first-order valence-electron chi connectivity index (χ1n) is 8.06. The van der Waals surface area contributed by atoms with Gasteiger partial charge in [-0.15, -0.1) is 10.2 Å². The first kappa shape index (κ1) is 15.8. The maximum atomic E-state index is 13.6. The lowest BCUT2D eigenvalue weighted by atomic mass is 10.0. The highest BCUT2D eigenvalue weighted by Crippen LogP contribution is 2.35. The summed E-state index contributed by atoms with van der Waals surface area (Å²) < 4.78 is 32.4. The van der Waals surface area contributed by atoms with Gasteiger partial charge >= 0.3 is 0 Å². The molecule has 0 spiro atoms. The summed E-state index contributed by atoms with van der Waals surface area (Å²) in [7, 11) is 0. The SMILES string of the molecule is Fc1ccccc1OCc1nnc([C@H]2OCC[C@H]2Cn2ccnc2)o1. The van der Waals surface area contributed by atoms with Crippen LogP contribution in [0.4, 0.5) is 4.39 Å². The number of rotatable bonds is 6. The van der Waals surface area contributed by atoms with Gasteiger partial charge in [-0.05, 0) is 18.6 Å². The van der Waals surface area contributed by atoms with E-state index in [9.17, 15) is 4.39 Å². The number of halogens is 1. The number of nitrogens with zero attached hydrogens (tertiary/aromatic N) is 4. The number of hydrogen-bond donors (Lipinski definition) is 0. The van der Waals surface area contributed by atoms with E-state index in [1.165, 1.54) is 6.07 Å². The molecule has 1 aromatic carbocycles. The van der Waals surface area contributed by atoms with Crippen LogP contribution in [0.25, 0.3) is 0 Å². The van der Waals surface area contributed by atoms with E-state index in [0.717, 1.165) is 13.0 Å². The Morgan fingerprint density at radius 2 is 2.20 bits per heavy atom. The van der Waals surface area contributed by atoms with Gasteiger partial charge in [0.1, 0.15) is 6.10 Å². The van der Waals surface area contributed by atoms with E-state index in [-0.39, 0.29) is 30.3 Å². The minimum atomic E-state index is -0.429. The van der Waals surface area contributed by atoms with E-state index in [1.807, 2.05) is 10.8 Å². The number of ether oxygens (including phenoxy) is 2. The second-order valence-electron chi connectivity index (χ2n) is 5.85. The van der Waals surface area contributed by atoms with Crippen molar-refractivity contribution in [1.29, 1.82) is 0 Å². The summed E-state index contributed by atoms with van der Waals surface area (Å²) in [6.45, 7) is 1.43. The highest BCUT2D eigenvalue weighted by Gasteiger charge is 2.34. The second kappa shape index (κ2) is 7.02. The molecule has 3 aromatic rings. The molecule has 25 heavy (non-hydrogen) atoms. The number of hydrogen-bond acceptors (Lipinski definition) is 6. The zero-order chi connectivity index (χ0) is 17.1. The fourth-order valence-electron chi connectivity index (χ4n) is 2.90. The minimum absolute atomic E-state index is 0.00679. The largest absolute Gasteiger partial charge is 0.481 e. The van der Waals surface area contributed by atoms with Gasteiger partial charge in [-0.25, -0.2) is 9.37 Å². The van der Waals surface area contributed by atoms with Gasteiger partial charge in [0.05, 0.1) is 6.33 Å². The van der Waals surface area contributed by atoms with Crippen LogP contribution in [-0.4, -0.2) is 26.4 Å². The fraction of sp³-hybridized carbons (Fsp3) is 0.353. The first-order chi connectivity index (χ1) is 12.3. The zero-order valence-corrected chi connectivity index (χ0v) is 13.4. The van der Waals surface area contributed by atoms with Crippen LogP contribution < -0.4 is 4.74 Å². The lowest BCUT2D eigenvalue weighted by molar-refractivity contribution is 0.0616. The third-order valence-electron chi connectivity index (χ3n) is 4.13. The Balaban J connectivity index is 1.41. The number of para-hydroxylation sites is 1. The van der Waals surface area contributed by atoms with Crippen molar-refractivity contribution in [3.63, 3.8) is 0 Å². The fourth-order valence-corrected chi connectivity index (χ4v) is 2.90. The van der Waals surface area contributed by atoms with Gasteiger partial charge < -0.3 is 18.5 Å². The Morgan fingerprint density at radius 3 is 3.04 bits per heavy atom. The smallest absolute Gasteiger partial charge is 0.254 e. The molecule has 1 fully saturated rings. The van der Waals surface area contributed by atoms with E-state index in [0.29, 0.717) is 12.5 Å². The maximum absolute atomic E-state index is 13.6. The molecule has 1 aliphatic heterocycles. The van der Waals surface area contributed by atoms with Gasteiger partial charge in [0.15, 0.2) is 18.2 Å². The molecule has 0 amide bonds. The zero-order valence-electron chi connectivity index (χ0n) is 13.4. The Bertz CT molecular complexity index is 821. The van der Waals surface area contributed by atoms with Crippen molar-refractivity contribution in [2.24, 2.45) is 5.92 Å². The molecule has 3 heterocycles. The molecule has 0 aliphatic carbocycles. The molecule has 2 atom stereocenters. The van der Waals surface area contributed by atoms with Crippen LogP contribution in [0.5, 0.6) is 5.75 Å². The van der Waals surface area contributed by atoms with Crippen LogP contribution in [0.3, 0.4) is 0 Å². The van der Waals surface area contributed by atoms with Crippen molar-refractivity contribution in [3.8, 4) is 5.75 Å². The van der Waals surface area contributed by atoms with Crippen LogP contribution >= 0.6 is 0 Å². The van der Waals surface area contributed by atoms with Crippen LogP contribution in [-0.2, 0) is 17.9 Å². The van der Waals surface area contributed by atoms with Crippen molar-refractivity contribution in [1.82, 2.24) is 19.7 Å². The quantitative estimate of drug-likeness (QED) is 0.684. The van der Waals surface area contributed by atoms with Crippen molar-refractivity contribution in [2.75, 3.05) is 6.61 Å². The van der Waals surface area contributed by atoms with E-state index >= 15 is 0 Å². The van der Waals surface area contributed by atoms with E-state index in [4.69, 9.17) is 13.9 Å². The van der Waals surface area contributed by atoms with Crippen LogP contribution in [0.1, 0.15) is 24.3 Å². The minimum Gasteiger partial charge on any atom is -0.481 e. The topological polar surface area (TPSA) is 75.2 Å². The van der Waals surface area contributed by atoms with Gasteiger partial charge in [0.25, 0.3) is 5.89 Å². The summed E-state index contributed by atoms with van der Waals surface area (Å²) in [5.74, 6) is 0.666. The van der Waals surface area contributed by atoms with Gasteiger partial charge in [0.2, 0.25) is 5.89 Å². The molecule has 0 N–H and O–H groups in total. The summed E-state index contributed by atoms with van der Waals surface area (Å²) in [5.41, 5.74) is 0. The van der Waals surface area contributed by atoms with Crippen LogP contribution in [0.15, 0.2) is 47.4 Å². The lowest BCUT2D eigenvalue weighted by Gasteiger charge is -2.15. The predicted molar refractivity (Wildman–Crippen MR) is 84.1 cm³/mol. The lowest BCUT2D eigenvalue weighted by Crippen LogP contribution is -2.14. The van der Waals surface area contributed by atoms with Gasteiger partial charge in [-0.1, -0.05) is 12.1 Å². The normalized spacial score (nSPS) is 20.0. The number of imidazole rings is 1. The summed E-state index contributed by atoms with van der Waals surface area (Å²) in [6, 6.07) is 6.19. The summed E-state index contributed by atoms with van der Waals surface area (Å²) >= 11 is 0. The average Bonchev–Trinajstić information content (AvgIpc) is 3.36. The average molecular weight is 344 g/mol. The highest BCUT2D eigenvalue weighted by molar-refractivity contribution is 5.23. The molecule has 0 unspecified atom stereocenters. The standard InChI is InChI=1S/C17H17FN4O3/c18-13-3-1-2-4-14(13)24-10-15-20-21-17(25-15)16-12(5-8-23-16)9-22-7-6-19-11-22/h1-4,6-7,11-12,16H,5,8-10H2/t12-,16-/m0/s1. The summed E-state index contributed by atoms with van der Waals surface area (Å²) in [5, 5.41) is 8.05. The molecule has 0 saturated carbocycles. The Kier molecular flexibility index (Phi) is 4.43. The molecular formula is C17H17FN4O3. The molecular weight excluding hydrogens is 327 g/mol. The molecule has 8 heteroatoms. The maximum Gasteiger partial charge on any atom is 0.254 e. The highest BCUT2D eigenvalue weighted by atomic mass is 19.1. The monoisotopic (exact) mass is 344 g/mol. The first-order valence-corrected chi connectivity index (χ1v) is 8.06. The number of aromatic nitrogens is 4. The van der Waals surface area contributed by atoms with Crippen molar-refractivity contribution in [2.45, 2.75) is 25.7 Å². The second-order valence-corrected chi connectivity index (χ2v) is 5.85. The van der Waals surface area contributed by atoms with Gasteiger partial charge in [-0.2, -0.15) is 0 Å². The van der Waals surface area contributed by atoms with Crippen LogP contribution in [0, 0.1) is 11.7 Å². The van der Waals surface area contributed by atoms with E-state index in [2.05, 4.69) is 15.2 Å². The molecule has 130 valence electrons. The number of benzene rings is 1. The Labute approximate surface area is 143 Å². The third kappa shape index (κ3) is 3.53. The Morgan fingerprint density at radius 1 is 1.28 bits per heavy atom. The molecule has 1 aliphatic rings. The molecule has 0 radical (unpaired) electrons. The van der Waals surface area contributed by atoms with Crippen molar-refractivity contribution in [3.05, 3.63) is 60.6 Å². The molecule has 7 nitrogen and oxygen atoms in total. The Hall–Kier alpha value is -2.74. The van der Waals surface area contributed by atoms with Gasteiger partial charge in [-0.3, -0.25) is 0 Å². The molecule has 1 saturated heterocycles. The summed E-state index contributed by atoms with van der Waals surface area (Å²) in [6.07, 6.45) is 6.09. The molecule has 0 bridgehead atoms.